The molecule has 7 atom stereocenters. The lowest BCUT2D eigenvalue weighted by Gasteiger charge is -2.40. The van der Waals surface area contributed by atoms with Crippen molar-refractivity contribution in [3.05, 3.63) is 48.6 Å². The highest BCUT2D eigenvalue weighted by atomic mass is 16.7. The van der Waals surface area contributed by atoms with Crippen molar-refractivity contribution in [3.63, 3.8) is 0 Å². The van der Waals surface area contributed by atoms with Gasteiger partial charge in [0.05, 0.1) is 25.4 Å². The topological polar surface area (TPSA) is 149 Å². The van der Waals surface area contributed by atoms with Gasteiger partial charge in [-0.15, -0.1) is 0 Å². The summed E-state index contributed by atoms with van der Waals surface area (Å²) in [5.41, 5.74) is 0. The first-order valence-electron chi connectivity index (χ1n) is 23.3. The summed E-state index contributed by atoms with van der Waals surface area (Å²) >= 11 is 0. The van der Waals surface area contributed by atoms with Crippen LogP contribution in [-0.4, -0.2) is 87.5 Å². The second-order valence-electron chi connectivity index (χ2n) is 16.2. The maximum Gasteiger partial charge on any atom is 0.220 e. The lowest BCUT2D eigenvalue weighted by atomic mass is 9.99. The normalized spacial score (nSPS) is 21.4. The molecule has 9 heteroatoms. The van der Waals surface area contributed by atoms with Gasteiger partial charge in [0.15, 0.2) is 6.29 Å². The summed E-state index contributed by atoms with van der Waals surface area (Å²) < 4.78 is 11.2. The van der Waals surface area contributed by atoms with Gasteiger partial charge in [0.25, 0.3) is 0 Å². The molecule has 0 aromatic heterocycles. The molecule has 0 spiro atoms. The predicted molar refractivity (Wildman–Crippen MR) is 235 cm³/mol. The maximum atomic E-state index is 12.9. The molecular formula is C48H87NO8. The van der Waals surface area contributed by atoms with Crippen LogP contribution < -0.4 is 5.32 Å². The number of aliphatic hydroxyl groups excluding tert-OH is 5. The molecule has 0 saturated carbocycles. The van der Waals surface area contributed by atoms with Crippen molar-refractivity contribution in [2.75, 3.05) is 13.2 Å². The monoisotopic (exact) mass is 806 g/mol. The van der Waals surface area contributed by atoms with Crippen LogP contribution in [0.15, 0.2) is 48.6 Å². The van der Waals surface area contributed by atoms with Crippen LogP contribution >= 0.6 is 0 Å². The van der Waals surface area contributed by atoms with E-state index in [1.54, 1.807) is 0 Å². The van der Waals surface area contributed by atoms with Gasteiger partial charge in [-0.25, -0.2) is 0 Å². The average molecular weight is 806 g/mol. The van der Waals surface area contributed by atoms with E-state index in [0.717, 1.165) is 64.2 Å². The molecule has 7 unspecified atom stereocenters. The Morgan fingerprint density at radius 1 is 0.614 bits per heavy atom. The Morgan fingerprint density at radius 3 is 1.61 bits per heavy atom. The highest BCUT2D eigenvalue weighted by molar-refractivity contribution is 5.76. The molecule has 1 saturated heterocycles. The summed E-state index contributed by atoms with van der Waals surface area (Å²) in [6.07, 6.45) is 41.3. The molecule has 1 amide bonds. The predicted octanol–water partition coefficient (Wildman–Crippen LogP) is 9.84. The SMILES string of the molecule is CC/C=C\C/C=C\C/C=C\C/C=C\CCCCCCCCCCCCCCC(=O)NC(COC1OC(CO)C(O)C(O)C1O)C(O)CCCCCCCCCCC. The van der Waals surface area contributed by atoms with Gasteiger partial charge < -0.3 is 40.3 Å². The summed E-state index contributed by atoms with van der Waals surface area (Å²) in [4.78, 5) is 12.9. The van der Waals surface area contributed by atoms with Crippen LogP contribution in [0.3, 0.4) is 0 Å². The first kappa shape index (κ1) is 53.2. The number of ether oxygens (including phenoxy) is 2. The molecule has 1 aliphatic rings. The highest BCUT2D eigenvalue weighted by Gasteiger charge is 2.44. The van der Waals surface area contributed by atoms with Gasteiger partial charge in [-0.3, -0.25) is 4.79 Å². The maximum absolute atomic E-state index is 12.9. The Labute approximate surface area is 348 Å². The Hall–Kier alpha value is -1.85. The van der Waals surface area contributed by atoms with Crippen molar-refractivity contribution >= 4 is 5.91 Å². The molecule has 1 rings (SSSR count). The van der Waals surface area contributed by atoms with Gasteiger partial charge >= 0.3 is 0 Å². The fourth-order valence-electron chi connectivity index (χ4n) is 7.21. The van der Waals surface area contributed by atoms with Gasteiger partial charge in [-0.1, -0.05) is 184 Å². The molecule has 0 aromatic rings. The average Bonchev–Trinajstić information content (AvgIpc) is 3.21. The van der Waals surface area contributed by atoms with Crippen LogP contribution in [-0.2, 0) is 14.3 Å². The molecule has 0 aliphatic carbocycles. The summed E-state index contributed by atoms with van der Waals surface area (Å²) in [5, 5.41) is 54.2. The summed E-state index contributed by atoms with van der Waals surface area (Å²) in [6.45, 7) is 3.68. The number of hydrogen-bond acceptors (Lipinski definition) is 8. The zero-order valence-corrected chi connectivity index (χ0v) is 36.3. The van der Waals surface area contributed by atoms with Gasteiger partial charge in [0.1, 0.15) is 24.4 Å². The lowest BCUT2D eigenvalue weighted by molar-refractivity contribution is -0.302. The molecule has 1 aliphatic heterocycles. The first-order valence-corrected chi connectivity index (χ1v) is 23.3. The fourth-order valence-corrected chi connectivity index (χ4v) is 7.21. The smallest absolute Gasteiger partial charge is 0.220 e. The molecular weight excluding hydrogens is 719 g/mol. The third-order valence-corrected chi connectivity index (χ3v) is 10.9. The van der Waals surface area contributed by atoms with Gasteiger partial charge in [-0.2, -0.15) is 0 Å². The van der Waals surface area contributed by atoms with Crippen LogP contribution in [0.4, 0.5) is 0 Å². The van der Waals surface area contributed by atoms with Crippen molar-refractivity contribution < 1.29 is 39.8 Å². The molecule has 6 N–H and O–H groups in total. The van der Waals surface area contributed by atoms with E-state index in [-0.39, 0.29) is 12.5 Å². The van der Waals surface area contributed by atoms with E-state index in [1.165, 1.54) is 103 Å². The second kappa shape index (κ2) is 38.4. The molecule has 1 heterocycles. The minimum atomic E-state index is -1.55. The number of carbonyl (C=O) groups excluding carboxylic acids is 1. The molecule has 1 fully saturated rings. The number of nitrogens with one attached hydrogen (secondary N) is 1. The second-order valence-corrected chi connectivity index (χ2v) is 16.2. The molecule has 57 heavy (non-hydrogen) atoms. The summed E-state index contributed by atoms with van der Waals surface area (Å²) in [6, 6.07) is -0.718. The minimum absolute atomic E-state index is 0.140. The van der Waals surface area contributed by atoms with E-state index in [9.17, 15) is 30.3 Å². The molecule has 0 radical (unpaired) electrons. The standard InChI is InChI=1S/C48H87NO8/c1-3-5-7-9-11-13-14-15-16-17-18-19-20-21-22-23-24-25-26-27-28-30-32-34-36-38-44(52)49-41(42(51)37-35-33-31-29-12-10-8-6-4-2)40-56-48-47(55)46(54)45(53)43(39-50)57-48/h5,7,11,13,15-16,18-19,41-43,45-48,50-51,53-55H,3-4,6,8-10,12,14,17,20-40H2,1-2H3,(H,49,52)/b7-5-,13-11-,16-15-,19-18-. The van der Waals surface area contributed by atoms with E-state index in [2.05, 4.69) is 67.8 Å². The largest absolute Gasteiger partial charge is 0.394 e. The van der Waals surface area contributed by atoms with E-state index < -0.39 is 49.5 Å². The molecule has 9 nitrogen and oxygen atoms in total. The van der Waals surface area contributed by atoms with E-state index in [1.807, 2.05) is 0 Å². The molecule has 0 bridgehead atoms. The number of unbranched alkanes of at least 4 members (excludes halogenated alkanes) is 20. The van der Waals surface area contributed by atoms with Crippen molar-refractivity contribution in [2.45, 2.75) is 236 Å². The lowest BCUT2D eigenvalue weighted by Crippen LogP contribution is -2.60. The van der Waals surface area contributed by atoms with Crippen molar-refractivity contribution in [2.24, 2.45) is 0 Å². The number of allylic oxidation sites excluding steroid dienone is 8. The van der Waals surface area contributed by atoms with Gasteiger partial charge in [0.2, 0.25) is 5.91 Å². The van der Waals surface area contributed by atoms with E-state index in [4.69, 9.17) is 9.47 Å². The first-order chi connectivity index (χ1) is 27.8. The van der Waals surface area contributed by atoms with Gasteiger partial charge in [0, 0.05) is 6.42 Å². The third-order valence-electron chi connectivity index (χ3n) is 10.9. The van der Waals surface area contributed by atoms with Crippen LogP contribution in [0.5, 0.6) is 0 Å². The Kier molecular flexibility index (Phi) is 35.8. The number of carbonyl (C=O) groups is 1. The number of aliphatic hydroxyl groups is 5. The fraction of sp³-hybridized carbons (Fsp3) is 0.812. The van der Waals surface area contributed by atoms with E-state index >= 15 is 0 Å². The number of amides is 1. The minimum Gasteiger partial charge on any atom is -0.394 e. The van der Waals surface area contributed by atoms with Gasteiger partial charge in [-0.05, 0) is 51.4 Å². The van der Waals surface area contributed by atoms with Crippen LogP contribution in [0.1, 0.15) is 194 Å². The van der Waals surface area contributed by atoms with Crippen molar-refractivity contribution in [1.82, 2.24) is 5.32 Å². The quantitative estimate of drug-likeness (QED) is 0.0267. The van der Waals surface area contributed by atoms with E-state index in [0.29, 0.717) is 12.8 Å². The number of rotatable bonds is 38. The van der Waals surface area contributed by atoms with Crippen LogP contribution in [0, 0.1) is 0 Å². The Balaban J connectivity index is 2.21. The summed E-state index contributed by atoms with van der Waals surface area (Å²) in [5.74, 6) is -0.151. The number of hydrogen-bond donors (Lipinski definition) is 6. The van der Waals surface area contributed by atoms with Crippen LogP contribution in [0.25, 0.3) is 0 Å². The zero-order chi connectivity index (χ0) is 41.6. The molecule has 332 valence electrons. The zero-order valence-electron chi connectivity index (χ0n) is 36.3. The Bertz CT molecular complexity index is 1030. The van der Waals surface area contributed by atoms with Crippen LogP contribution in [0.2, 0.25) is 0 Å². The van der Waals surface area contributed by atoms with Crippen molar-refractivity contribution in [1.29, 1.82) is 0 Å². The Morgan fingerprint density at radius 2 is 1.09 bits per heavy atom. The third kappa shape index (κ3) is 29.1. The highest BCUT2D eigenvalue weighted by Crippen LogP contribution is 2.23. The van der Waals surface area contributed by atoms with Crippen molar-refractivity contribution in [3.8, 4) is 0 Å². The molecule has 0 aromatic carbocycles. The summed E-state index contributed by atoms with van der Waals surface area (Å²) in [7, 11) is 0.